The summed E-state index contributed by atoms with van der Waals surface area (Å²) in [5.74, 6) is -1.08. The SMILES string of the molecule is CSCCC(C)N1C(=O)c2ccc(C(=O)O)cc2S1(=O)=O. The maximum atomic E-state index is 12.5. The molecule has 0 radical (unpaired) electrons. The van der Waals surface area contributed by atoms with E-state index in [9.17, 15) is 18.0 Å². The Morgan fingerprint density at radius 3 is 2.67 bits per heavy atom. The quantitative estimate of drug-likeness (QED) is 0.883. The summed E-state index contributed by atoms with van der Waals surface area (Å²) in [5.41, 5.74) is -0.111. The van der Waals surface area contributed by atoms with Crippen molar-refractivity contribution < 1.29 is 23.1 Å². The normalized spacial score (nSPS) is 17.6. The second kappa shape index (κ2) is 5.69. The first-order chi connectivity index (χ1) is 9.80. The van der Waals surface area contributed by atoms with E-state index in [4.69, 9.17) is 5.11 Å². The van der Waals surface area contributed by atoms with E-state index in [1.54, 1.807) is 18.7 Å². The van der Waals surface area contributed by atoms with E-state index in [1.807, 2.05) is 6.26 Å². The largest absolute Gasteiger partial charge is 0.478 e. The van der Waals surface area contributed by atoms with E-state index in [0.29, 0.717) is 6.42 Å². The minimum absolute atomic E-state index is 0.0380. The average molecular weight is 329 g/mol. The fourth-order valence-corrected chi connectivity index (χ4v) is 4.62. The number of carbonyl (C=O) groups is 2. The molecule has 2 rings (SSSR count). The molecular formula is C13H15NO5S2. The van der Waals surface area contributed by atoms with Gasteiger partial charge in [0, 0.05) is 6.04 Å². The standard InChI is InChI=1S/C13H15NO5S2/c1-8(5-6-20-2)14-12(15)10-4-3-9(13(16)17)7-11(10)21(14,18)19/h3-4,7-8H,5-6H2,1-2H3,(H,16,17). The minimum Gasteiger partial charge on any atom is -0.478 e. The van der Waals surface area contributed by atoms with Crippen molar-refractivity contribution >= 4 is 33.7 Å². The molecule has 0 saturated carbocycles. The Kier molecular flexibility index (Phi) is 4.29. The zero-order valence-electron chi connectivity index (χ0n) is 11.6. The Morgan fingerprint density at radius 1 is 1.43 bits per heavy atom. The second-order valence-corrected chi connectivity index (χ2v) is 7.52. The fraction of sp³-hybridized carbons (Fsp3) is 0.385. The van der Waals surface area contributed by atoms with Crippen LogP contribution in [0.4, 0.5) is 0 Å². The number of carbonyl (C=O) groups excluding carboxylic acids is 1. The van der Waals surface area contributed by atoms with E-state index in [2.05, 4.69) is 0 Å². The predicted molar refractivity (Wildman–Crippen MR) is 79.2 cm³/mol. The van der Waals surface area contributed by atoms with Gasteiger partial charge in [0.15, 0.2) is 0 Å². The number of thioether (sulfide) groups is 1. The summed E-state index contributed by atoms with van der Waals surface area (Å²) in [6.45, 7) is 1.68. The average Bonchev–Trinajstić information content (AvgIpc) is 2.63. The fourth-order valence-electron chi connectivity index (χ4n) is 2.22. The van der Waals surface area contributed by atoms with Crippen molar-refractivity contribution in [1.82, 2.24) is 4.31 Å². The lowest BCUT2D eigenvalue weighted by atomic mass is 10.1. The molecule has 1 unspecified atom stereocenters. The monoisotopic (exact) mass is 329 g/mol. The molecule has 1 aliphatic rings. The summed E-state index contributed by atoms with van der Waals surface area (Å²) in [4.78, 5) is 23.0. The molecule has 1 aliphatic heterocycles. The lowest BCUT2D eigenvalue weighted by Gasteiger charge is -2.22. The van der Waals surface area contributed by atoms with Crippen LogP contribution in [-0.2, 0) is 10.0 Å². The Labute approximate surface area is 127 Å². The molecule has 0 saturated heterocycles. The Hall–Kier alpha value is -1.54. The number of hydrogen-bond donors (Lipinski definition) is 1. The van der Waals surface area contributed by atoms with Crippen molar-refractivity contribution in [1.29, 1.82) is 0 Å². The van der Waals surface area contributed by atoms with Gasteiger partial charge in [0.2, 0.25) is 0 Å². The number of benzene rings is 1. The predicted octanol–water partition coefficient (Wildman–Crippen LogP) is 1.67. The molecule has 0 bridgehead atoms. The molecule has 8 heteroatoms. The molecular weight excluding hydrogens is 314 g/mol. The molecule has 0 aliphatic carbocycles. The van der Waals surface area contributed by atoms with Crippen LogP contribution in [0, 0.1) is 0 Å². The molecule has 1 aromatic carbocycles. The number of carboxylic acids is 1. The van der Waals surface area contributed by atoms with Crippen molar-refractivity contribution in [2.45, 2.75) is 24.3 Å². The van der Waals surface area contributed by atoms with Crippen molar-refractivity contribution in [3.05, 3.63) is 29.3 Å². The highest BCUT2D eigenvalue weighted by Gasteiger charge is 2.43. The molecule has 0 fully saturated rings. The van der Waals surface area contributed by atoms with Crippen molar-refractivity contribution in [2.75, 3.05) is 12.0 Å². The van der Waals surface area contributed by atoms with Crippen LogP contribution >= 0.6 is 11.8 Å². The van der Waals surface area contributed by atoms with Gasteiger partial charge in [-0.3, -0.25) is 4.79 Å². The number of sulfonamides is 1. The van der Waals surface area contributed by atoms with Gasteiger partial charge in [-0.05, 0) is 43.6 Å². The second-order valence-electron chi connectivity index (χ2n) is 4.75. The first-order valence-corrected chi connectivity index (χ1v) is 9.09. The first kappa shape index (κ1) is 15.8. The number of rotatable bonds is 5. The molecule has 114 valence electrons. The van der Waals surface area contributed by atoms with Crippen LogP contribution < -0.4 is 0 Å². The first-order valence-electron chi connectivity index (χ1n) is 6.25. The number of fused-ring (bicyclic) bond motifs is 1. The summed E-state index contributed by atoms with van der Waals surface area (Å²) in [7, 11) is -3.97. The van der Waals surface area contributed by atoms with Gasteiger partial charge in [-0.15, -0.1) is 0 Å². The van der Waals surface area contributed by atoms with Crippen LogP contribution in [0.25, 0.3) is 0 Å². The molecule has 1 atom stereocenters. The number of aromatic carboxylic acids is 1. The molecule has 6 nitrogen and oxygen atoms in total. The Morgan fingerprint density at radius 2 is 2.10 bits per heavy atom. The van der Waals surface area contributed by atoms with Crippen molar-refractivity contribution in [2.24, 2.45) is 0 Å². The van der Waals surface area contributed by atoms with Gasteiger partial charge in [0.05, 0.1) is 11.1 Å². The van der Waals surface area contributed by atoms with Crippen LogP contribution in [0.1, 0.15) is 34.1 Å². The summed E-state index contributed by atoms with van der Waals surface area (Å²) in [6.07, 6.45) is 2.45. The summed E-state index contributed by atoms with van der Waals surface area (Å²) >= 11 is 1.57. The van der Waals surface area contributed by atoms with Gasteiger partial charge < -0.3 is 5.11 Å². The van der Waals surface area contributed by atoms with Crippen LogP contribution in [-0.4, -0.2) is 47.8 Å². The van der Waals surface area contributed by atoms with Crippen molar-refractivity contribution in [3.8, 4) is 0 Å². The van der Waals surface area contributed by atoms with E-state index >= 15 is 0 Å². The number of carboxylic acid groups (broad SMARTS) is 1. The summed E-state index contributed by atoms with van der Waals surface area (Å²) in [5, 5.41) is 8.95. The molecule has 1 heterocycles. The maximum Gasteiger partial charge on any atom is 0.335 e. The topological polar surface area (TPSA) is 91.8 Å². The van der Waals surface area contributed by atoms with Gasteiger partial charge in [-0.25, -0.2) is 17.5 Å². The number of nitrogens with zero attached hydrogens (tertiary/aromatic N) is 1. The lowest BCUT2D eigenvalue weighted by molar-refractivity contribution is 0.0695. The highest BCUT2D eigenvalue weighted by molar-refractivity contribution is 7.98. The Bertz CT molecular complexity index is 699. The van der Waals surface area contributed by atoms with Gasteiger partial charge in [0.1, 0.15) is 4.90 Å². The molecule has 0 aromatic heterocycles. The molecule has 0 spiro atoms. The van der Waals surface area contributed by atoms with E-state index in [-0.39, 0.29) is 16.0 Å². The summed E-state index contributed by atoms with van der Waals surface area (Å²) < 4.78 is 25.8. The number of hydrogen-bond acceptors (Lipinski definition) is 5. The molecule has 1 aromatic rings. The summed E-state index contributed by atoms with van der Waals surface area (Å²) in [6, 6.07) is 3.09. The minimum atomic E-state index is -3.97. The smallest absolute Gasteiger partial charge is 0.335 e. The van der Waals surface area contributed by atoms with Crippen LogP contribution in [0.15, 0.2) is 23.1 Å². The highest BCUT2D eigenvalue weighted by Crippen LogP contribution is 2.33. The zero-order chi connectivity index (χ0) is 15.8. The third-order valence-corrected chi connectivity index (χ3v) is 5.92. The number of amides is 1. The van der Waals surface area contributed by atoms with E-state index in [0.717, 1.165) is 16.1 Å². The molecule has 21 heavy (non-hydrogen) atoms. The van der Waals surface area contributed by atoms with Crippen LogP contribution in [0.3, 0.4) is 0 Å². The van der Waals surface area contributed by atoms with Crippen LogP contribution in [0.5, 0.6) is 0 Å². The van der Waals surface area contributed by atoms with Gasteiger partial charge in [-0.2, -0.15) is 11.8 Å². The van der Waals surface area contributed by atoms with E-state index < -0.39 is 27.9 Å². The van der Waals surface area contributed by atoms with Crippen molar-refractivity contribution in [3.63, 3.8) is 0 Å². The third-order valence-electron chi connectivity index (χ3n) is 3.34. The maximum absolute atomic E-state index is 12.5. The van der Waals surface area contributed by atoms with E-state index in [1.165, 1.54) is 12.1 Å². The van der Waals surface area contributed by atoms with Crippen LogP contribution in [0.2, 0.25) is 0 Å². The highest BCUT2D eigenvalue weighted by atomic mass is 32.2. The zero-order valence-corrected chi connectivity index (χ0v) is 13.2. The lowest BCUT2D eigenvalue weighted by Crippen LogP contribution is -2.38. The van der Waals surface area contributed by atoms with Gasteiger partial charge in [0.25, 0.3) is 15.9 Å². The Balaban J connectivity index is 2.47. The third kappa shape index (κ3) is 2.65. The van der Waals surface area contributed by atoms with Gasteiger partial charge >= 0.3 is 5.97 Å². The van der Waals surface area contributed by atoms with Gasteiger partial charge in [-0.1, -0.05) is 0 Å². The molecule has 1 amide bonds. The molecule has 1 N–H and O–H groups in total.